The van der Waals surface area contributed by atoms with Crippen molar-refractivity contribution in [3.8, 4) is 0 Å². The van der Waals surface area contributed by atoms with E-state index in [1.807, 2.05) is 30.0 Å². The molecular formula is C13H20ClNS. The van der Waals surface area contributed by atoms with Crippen LogP contribution in [0.5, 0.6) is 0 Å². The number of hydrogen-bond acceptors (Lipinski definition) is 2. The summed E-state index contributed by atoms with van der Waals surface area (Å²) < 4.78 is 0. The third kappa shape index (κ3) is 4.36. The first-order chi connectivity index (χ1) is 7.79. The highest BCUT2D eigenvalue weighted by molar-refractivity contribution is 7.99. The first-order valence-corrected chi connectivity index (χ1v) is 7.35. The fraction of sp³-hybridized carbons (Fsp3) is 0.538. The summed E-state index contributed by atoms with van der Waals surface area (Å²) in [5.74, 6) is 2.82. The molecule has 16 heavy (non-hydrogen) atoms. The predicted octanol–water partition coefficient (Wildman–Crippen LogP) is 3.92. The van der Waals surface area contributed by atoms with Crippen molar-refractivity contribution in [1.82, 2.24) is 0 Å². The van der Waals surface area contributed by atoms with Gasteiger partial charge >= 0.3 is 0 Å². The summed E-state index contributed by atoms with van der Waals surface area (Å²) in [5, 5.41) is 0.848. The van der Waals surface area contributed by atoms with Gasteiger partial charge in [0.2, 0.25) is 0 Å². The van der Waals surface area contributed by atoms with Gasteiger partial charge in [-0.05, 0) is 48.4 Å². The van der Waals surface area contributed by atoms with Gasteiger partial charge in [-0.1, -0.05) is 36.7 Å². The van der Waals surface area contributed by atoms with Crippen molar-refractivity contribution in [3.63, 3.8) is 0 Å². The van der Waals surface area contributed by atoms with Crippen LogP contribution in [0.25, 0.3) is 0 Å². The minimum atomic E-state index is 0.408. The molecule has 0 fully saturated rings. The highest BCUT2D eigenvalue weighted by Gasteiger charge is 2.12. The number of hydrogen-bond donors (Lipinski definition) is 1. The molecule has 3 heteroatoms. The number of rotatable bonds is 7. The van der Waals surface area contributed by atoms with E-state index in [-0.39, 0.29) is 0 Å². The molecule has 0 aliphatic carbocycles. The highest BCUT2D eigenvalue weighted by atomic mass is 35.5. The SMILES string of the molecule is CCSCCCC(CN)c1ccccc1Cl. The lowest BCUT2D eigenvalue weighted by atomic mass is 9.95. The van der Waals surface area contributed by atoms with Crippen LogP contribution < -0.4 is 5.73 Å². The summed E-state index contributed by atoms with van der Waals surface area (Å²) in [6.45, 7) is 2.87. The summed E-state index contributed by atoms with van der Waals surface area (Å²) in [7, 11) is 0. The van der Waals surface area contributed by atoms with Gasteiger partial charge in [0.05, 0.1) is 0 Å². The van der Waals surface area contributed by atoms with E-state index in [4.69, 9.17) is 17.3 Å². The summed E-state index contributed by atoms with van der Waals surface area (Å²) in [6.07, 6.45) is 2.35. The molecule has 0 saturated heterocycles. The lowest BCUT2D eigenvalue weighted by Gasteiger charge is -2.16. The van der Waals surface area contributed by atoms with Crippen molar-refractivity contribution >= 4 is 23.4 Å². The maximum absolute atomic E-state index is 6.18. The second-order valence-electron chi connectivity index (χ2n) is 3.79. The van der Waals surface area contributed by atoms with Gasteiger partial charge in [0.1, 0.15) is 0 Å². The molecule has 0 aliphatic heterocycles. The van der Waals surface area contributed by atoms with Crippen LogP contribution in [0, 0.1) is 0 Å². The fourth-order valence-corrected chi connectivity index (χ4v) is 2.73. The van der Waals surface area contributed by atoms with Crippen molar-refractivity contribution in [2.45, 2.75) is 25.7 Å². The molecule has 0 heterocycles. The van der Waals surface area contributed by atoms with Gasteiger partial charge in [0.15, 0.2) is 0 Å². The van der Waals surface area contributed by atoms with Gasteiger partial charge in [-0.15, -0.1) is 0 Å². The molecule has 1 nitrogen and oxygen atoms in total. The van der Waals surface area contributed by atoms with E-state index in [1.165, 1.54) is 23.5 Å². The average molecular weight is 258 g/mol. The van der Waals surface area contributed by atoms with Crippen molar-refractivity contribution in [2.24, 2.45) is 5.73 Å². The largest absolute Gasteiger partial charge is 0.330 e. The lowest BCUT2D eigenvalue weighted by molar-refractivity contribution is 0.626. The Morgan fingerprint density at radius 3 is 2.75 bits per heavy atom. The fourth-order valence-electron chi connectivity index (χ4n) is 1.78. The van der Waals surface area contributed by atoms with Crippen molar-refractivity contribution < 1.29 is 0 Å². The van der Waals surface area contributed by atoms with Gasteiger partial charge in [-0.3, -0.25) is 0 Å². The maximum Gasteiger partial charge on any atom is 0.0441 e. The van der Waals surface area contributed by atoms with Gasteiger partial charge in [0.25, 0.3) is 0 Å². The van der Waals surface area contributed by atoms with Crippen LogP contribution in [0.3, 0.4) is 0 Å². The molecule has 0 spiro atoms. The highest BCUT2D eigenvalue weighted by Crippen LogP contribution is 2.27. The average Bonchev–Trinajstić information content (AvgIpc) is 2.31. The molecule has 1 atom stereocenters. The van der Waals surface area contributed by atoms with Gasteiger partial charge in [-0.25, -0.2) is 0 Å². The first kappa shape index (κ1) is 13.9. The van der Waals surface area contributed by atoms with Gasteiger partial charge in [-0.2, -0.15) is 11.8 Å². The molecule has 1 aromatic carbocycles. The Kier molecular flexibility index (Phi) is 6.93. The lowest BCUT2D eigenvalue weighted by Crippen LogP contribution is -2.13. The summed E-state index contributed by atoms with van der Waals surface area (Å²) in [6, 6.07) is 8.03. The van der Waals surface area contributed by atoms with Crippen LogP contribution in [-0.2, 0) is 0 Å². The third-order valence-electron chi connectivity index (χ3n) is 2.67. The van der Waals surface area contributed by atoms with E-state index in [0.29, 0.717) is 12.5 Å². The normalized spacial score (nSPS) is 12.7. The van der Waals surface area contributed by atoms with E-state index in [9.17, 15) is 0 Å². The van der Waals surface area contributed by atoms with E-state index in [1.54, 1.807) is 0 Å². The third-order valence-corrected chi connectivity index (χ3v) is 4.00. The van der Waals surface area contributed by atoms with Crippen LogP contribution in [0.15, 0.2) is 24.3 Å². The van der Waals surface area contributed by atoms with E-state index < -0.39 is 0 Å². The first-order valence-electron chi connectivity index (χ1n) is 5.81. The zero-order chi connectivity index (χ0) is 11.8. The second kappa shape index (κ2) is 7.99. The summed E-state index contributed by atoms with van der Waals surface area (Å²) >= 11 is 8.16. The van der Waals surface area contributed by atoms with E-state index >= 15 is 0 Å². The smallest absolute Gasteiger partial charge is 0.0441 e. The maximum atomic E-state index is 6.18. The van der Waals surface area contributed by atoms with Crippen LogP contribution in [0.4, 0.5) is 0 Å². The van der Waals surface area contributed by atoms with Crippen LogP contribution in [0.2, 0.25) is 5.02 Å². The quantitative estimate of drug-likeness (QED) is 0.750. The van der Waals surface area contributed by atoms with Gasteiger partial charge < -0.3 is 5.73 Å². The number of thioether (sulfide) groups is 1. The number of halogens is 1. The zero-order valence-corrected chi connectivity index (χ0v) is 11.4. The Morgan fingerprint density at radius 2 is 2.12 bits per heavy atom. The van der Waals surface area contributed by atoms with E-state index in [2.05, 4.69) is 13.0 Å². The standard InChI is InChI=1S/C13H20ClNS/c1-2-16-9-5-6-11(10-15)12-7-3-4-8-13(12)14/h3-4,7-8,11H,2,5-6,9-10,15H2,1H3. The molecule has 0 amide bonds. The van der Waals surface area contributed by atoms with Crippen LogP contribution in [-0.4, -0.2) is 18.1 Å². The topological polar surface area (TPSA) is 26.0 Å². The predicted molar refractivity (Wildman–Crippen MR) is 75.5 cm³/mol. The summed E-state index contributed by atoms with van der Waals surface area (Å²) in [4.78, 5) is 0. The van der Waals surface area contributed by atoms with E-state index in [0.717, 1.165) is 11.4 Å². The zero-order valence-electron chi connectivity index (χ0n) is 9.79. The van der Waals surface area contributed by atoms with Crippen molar-refractivity contribution in [2.75, 3.05) is 18.1 Å². The molecule has 0 aromatic heterocycles. The second-order valence-corrected chi connectivity index (χ2v) is 5.59. The van der Waals surface area contributed by atoms with Crippen molar-refractivity contribution in [1.29, 1.82) is 0 Å². The Hall–Kier alpha value is -0.180. The molecule has 0 bridgehead atoms. The molecule has 1 aromatic rings. The van der Waals surface area contributed by atoms with Crippen LogP contribution >= 0.6 is 23.4 Å². The molecule has 1 rings (SSSR count). The molecule has 0 radical (unpaired) electrons. The summed E-state index contributed by atoms with van der Waals surface area (Å²) in [5.41, 5.74) is 7.02. The Labute approximate surface area is 108 Å². The Morgan fingerprint density at radius 1 is 1.38 bits per heavy atom. The number of nitrogens with two attached hydrogens (primary N) is 1. The number of benzene rings is 1. The Balaban J connectivity index is 2.51. The van der Waals surface area contributed by atoms with Crippen molar-refractivity contribution in [3.05, 3.63) is 34.9 Å². The monoisotopic (exact) mass is 257 g/mol. The molecule has 2 N–H and O–H groups in total. The molecule has 90 valence electrons. The van der Waals surface area contributed by atoms with Crippen LogP contribution in [0.1, 0.15) is 31.2 Å². The Bertz CT molecular complexity index is 304. The van der Waals surface area contributed by atoms with Gasteiger partial charge in [0, 0.05) is 5.02 Å². The minimum Gasteiger partial charge on any atom is -0.330 e. The molecular weight excluding hydrogens is 238 g/mol. The molecule has 1 unspecified atom stereocenters. The minimum absolute atomic E-state index is 0.408. The molecule has 0 aliphatic rings. The molecule has 0 saturated carbocycles.